The van der Waals surface area contributed by atoms with Gasteiger partial charge in [-0.1, -0.05) is 15.9 Å². The topological polar surface area (TPSA) is 67.2 Å². The molecule has 6 heteroatoms. The van der Waals surface area contributed by atoms with Crippen LogP contribution in [0.15, 0.2) is 22.7 Å². The second-order valence-electron chi connectivity index (χ2n) is 7.71. The lowest BCUT2D eigenvalue weighted by Gasteiger charge is -2.35. The average molecular weight is 406 g/mol. The largest absolute Gasteiger partial charge is 0.390 e. The molecule has 1 amide bonds. The van der Waals surface area contributed by atoms with Crippen LogP contribution in [-0.4, -0.2) is 26.2 Å². The van der Waals surface area contributed by atoms with Gasteiger partial charge in [0.25, 0.3) is 0 Å². The Kier molecular flexibility index (Phi) is 4.36. The molecule has 5 nitrogen and oxygen atoms in total. The third-order valence-electron chi connectivity index (χ3n) is 5.62. The standard InChI is InChI=1S/C19H24BrN3O2/c1-19(25)9-7-13(8-10-19)23-16-6-5-12(20)11-15(16)22-18(23)14-3-2-4-17(24)21-14/h5-6,11,13-14,25H,2-4,7-10H2,1H3,(H,21,24)/t13?,14-,19?/m0/s1. The molecule has 1 saturated heterocycles. The van der Waals surface area contributed by atoms with Gasteiger partial charge in [0.15, 0.2) is 0 Å². The van der Waals surface area contributed by atoms with Gasteiger partial charge in [0, 0.05) is 16.9 Å². The minimum absolute atomic E-state index is 0.0186. The number of benzene rings is 1. The summed E-state index contributed by atoms with van der Waals surface area (Å²) in [5.41, 5.74) is 1.51. The lowest BCUT2D eigenvalue weighted by Crippen LogP contribution is -2.36. The molecule has 0 unspecified atom stereocenters. The number of aliphatic hydroxyl groups is 1. The minimum atomic E-state index is -0.560. The highest BCUT2D eigenvalue weighted by Crippen LogP contribution is 2.39. The maximum atomic E-state index is 11.9. The molecule has 2 aromatic rings. The third kappa shape index (κ3) is 3.34. The summed E-state index contributed by atoms with van der Waals surface area (Å²) in [6, 6.07) is 6.49. The van der Waals surface area contributed by atoms with Crippen molar-refractivity contribution in [3.8, 4) is 0 Å². The molecule has 0 radical (unpaired) electrons. The Morgan fingerprint density at radius 1 is 1.32 bits per heavy atom. The Bertz CT molecular complexity index is 804. The first-order chi connectivity index (χ1) is 11.9. The predicted octanol–water partition coefficient (Wildman–Crippen LogP) is 4.01. The molecule has 2 N–H and O–H groups in total. The first-order valence-electron chi connectivity index (χ1n) is 9.12. The van der Waals surface area contributed by atoms with Crippen molar-refractivity contribution in [2.24, 2.45) is 0 Å². The summed E-state index contributed by atoms with van der Waals surface area (Å²) >= 11 is 3.53. The van der Waals surface area contributed by atoms with Gasteiger partial charge in [0.05, 0.1) is 22.7 Å². The van der Waals surface area contributed by atoms with E-state index in [4.69, 9.17) is 4.98 Å². The fourth-order valence-corrected chi connectivity index (χ4v) is 4.55. The van der Waals surface area contributed by atoms with Gasteiger partial charge in [-0.3, -0.25) is 4.79 Å². The number of aromatic nitrogens is 2. The average Bonchev–Trinajstić information content (AvgIpc) is 2.93. The van der Waals surface area contributed by atoms with Gasteiger partial charge in [-0.25, -0.2) is 4.98 Å². The molecule has 2 fully saturated rings. The maximum absolute atomic E-state index is 11.9. The number of nitrogens with one attached hydrogen (secondary N) is 1. The minimum Gasteiger partial charge on any atom is -0.390 e. The second-order valence-corrected chi connectivity index (χ2v) is 8.63. The van der Waals surface area contributed by atoms with Crippen LogP contribution in [0.25, 0.3) is 11.0 Å². The summed E-state index contributed by atoms with van der Waals surface area (Å²) in [4.78, 5) is 16.8. The van der Waals surface area contributed by atoms with Crippen LogP contribution < -0.4 is 5.32 Å². The summed E-state index contributed by atoms with van der Waals surface area (Å²) < 4.78 is 3.34. The van der Waals surface area contributed by atoms with E-state index >= 15 is 0 Å². The van der Waals surface area contributed by atoms with Gasteiger partial charge < -0.3 is 15.0 Å². The Morgan fingerprint density at radius 3 is 2.80 bits per heavy atom. The molecule has 134 valence electrons. The number of hydrogen-bond donors (Lipinski definition) is 2. The number of carbonyl (C=O) groups excluding carboxylic acids is 1. The van der Waals surface area contributed by atoms with Crippen LogP contribution in [0.2, 0.25) is 0 Å². The highest BCUT2D eigenvalue weighted by atomic mass is 79.9. The van der Waals surface area contributed by atoms with Gasteiger partial charge >= 0.3 is 0 Å². The lowest BCUT2D eigenvalue weighted by atomic mass is 9.83. The zero-order valence-electron chi connectivity index (χ0n) is 14.5. The van der Waals surface area contributed by atoms with Crippen molar-refractivity contribution < 1.29 is 9.90 Å². The van der Waals surface area contributed by atoms with E-state index in [0.717, 1.165) is 59.9 Å². The van der Waals surface area contributed by atoms with Crippen molar-refractivity contribution in [3.05, 3.63) is 28.5 Å². The zero-order valence-corrected chi connectivity index (χ0v) is 16.1. The molecular weight excluding hydrogens is 382 g/mol. The van der Waals surface area contributed by atoms with Gasteiger partial charge in [0.1, 0.15) is 5.82 Å². The molecule has 4 rings (SSSR count). The van der Waals surface area contributed by atoms with E-state index in [9.17, 15) is 9.90 Å². The Labute approximate surface area is 155 Å². The number of halogens is 1. The molecular formula is C19H24BrN3O2. The van der Waals surface area contributed by atoms with Crippen LogP contribution in [0.4, 0.5) is 0 Å². The van der Waals surface area contributed by atoms with E-state index in [0.29, 0.717) is 12.5 Å². The number of carbonyl (C=O) groups is 1. The number of piperidine rings is 1. The molecule has 1 aliphatic heterocycles. The highest BCUT2D eigenvalue weighted by molar-refractivity contribution is 9.10. The molecule has 1 atom stereocenters. The SMILES string of the molecule is CC1(O)CCC(n2c([C@@H]3CCCC(=O)N3)nc3cc(Br)ccc32)CC1. The lowest BCUT2D eigenvalue weighted by molar-refractivity contribution is -0.123. The Balaban J connectivity index is 1.77. The molecule has 25 heavy (non-hydrogen) atoms. The summed E-state index contributed by atoms with van der Waals surface area (Å²) in [7, 11) is 0. The van der Waals surface area contributed by atoms with Crippen molar-refractivity contribution in [1.29, 1.82) is 0 Å². The molecule has 1 saturated carbocycles. The second kappa shape index (κ2) is 6.40. The van der Waals surface area contributed by atoms with Crippen molar-refractivity contribution in [2.45, 2.75) is 69.6 Å². The van der Waals surface area contributed by atoms with Crippen LogP contribution in [0, 0.1) is 0 Å². The third-order valence-corrected chi connectivity index (χ3v) is 6.11. The summed E-state index contributed by atoms with van der Waals surface area (Å²) in [5.74, 6) is 1.08. The summed E-state index contributed by atoms with van der Waals surface area (Å²) in [5, 5.41) is 13.4. The Hall–Kier alpha value is -1.40. The van der Waals surface area contributed by atoms with E-state index in [2.05, 4.69) is 31.9 Å². The van der Waals surface area contributed by atoms with E-state index in [1.54, 1.807) is 0 Å². The first-order valence-corrected chi connectivity index (χ1v) is 9.91. The molecule has 1 aromatic carbocycles. The Morgan fingerprint density at radius 2 is 2.08 bits per heavy atom. The quantitative estimate of drug-likeness (QED) is 0.792. The fraction of sp³-hybridized carbons (Fsp3) is 0.579. The van der Waals surface area contributed by atoms with Crippen LogP contribution in [0.5, 0.6) is 0 Å². The zero-order chi connectivity index (χ0) is 17.6. The monoisotopic (exact) mass is 405 g/mol. The van der Waals surface area contributed by atoms with Crippen LogP contribution in [0.1, 0.15) is 69.8 Å². The van der Waals surface area contributed by atoms with E-state index < -0.39 is 5.60 Å². The summed E-state index contributed by atoms with van der Waals surface area (Å²) in [6.45, 7) is 1.93. The maximum Gasteiger partial charge on any atom is 0.220 e. The van der Waals surface area contributed by atoms with Gasteiger partial charge in [-0.15, -0.1) is 0 Å². The van der Waals surface area contributed by atoms with Gasteiger partial charge in [-0.05, 0) is 63.6 Å². The van der Waals surface area contributed by atoms with Crippen LogP contribution in [0.3, 0.4) is 0 Å². The fourth-order valence-electron chi connectivity index (χ4n) is 4.20. The normalized spacial score (nSPS) is 30.4. The molecule has 1 aromatic heterocycles. The number of nitrogens with zero attached hydrogens (tertiary/aromatic N) is 2. The molecule has 2 heterocycles. The number of fused-ring (bicyclic) bond motifs is 1. The predicted molar refractivity (Wildman–Crippen MR) is 100 cm³/mol. The van der Waals surface area contributed by atoms with Crippen molar-refractivity contribution >= 4 is 32.9 Å². The molecule has 2 aliphatic rings. The first kappa shape index (κ1) is 17.0. The van der Waals surface area contributed by atoms with Gasteiger partial charge in [-0.2, -0.15) is 0 Å². The van der Waals surface area contributed by atoms with Crippen molar-refractivity contribution in [2.75, 3.05) is 0 Å². The molecule has 1 aliphatic carbocycles. The number of amides is 1. The van der Waals surface area contributed by atoms with Gasteiger partial charge in [0.2, 0.25) is 5.91 Å². The number of rotatable bonds is 2. The van der Waals surface area contributed by atoms with E-state index in [-0.39, 0.29) is 11.9 Å². The van der Waals surface area contributed by atoms with Crippen molar-refractivity contribution in [1.82, 2.24) is 14.9 Å². The molecule has 0 bridgehead atoms. The van der Waals surface area contributed by atoms with E-state index in [1.807, 2.05) is 19.1 Å². The van der Waals surface area contributed by atoms with Crippen molar-refractivity contribution in [3.63, 3.8) is 0 Å². The highest BCUT2D eigenvalue weighted by Gasteiger charge is 2.33. The van der Waals surface area contributed by atoms with Crippen LogP contribution in [-0.2, 0) is 4.79 Å². The van der Waals surface area contributed by atoms with E-state index in [1.165, 1.54) is 0 Å². The van der Waals surface area contributed by atoms with Crippen LogP contribution >= 0.6 is 15.9 Å². The smallest absolute Gasteiger partial charge is 0.220 e. The molecule has 0 spiro atoms. The summed E-state index contributed by atoms with van der Waals surface area (Å²) in [6.07, 6.45) is 5.90. The number of hydrogen-bond acceptors (Lipinski definition) is 3. The number of imidazole rings is 1.